The van der Waals surface area contributed by atoms with Crippen LogP contribution >= 0.6 is 0 Å². The summed E-state index contributed by atoms with van der Waals surface area (Å²) in [5, 5.41) is 0. The molecule has 3 aliphatic rings. The lowest BCUT2D eigenvalue weighted by Crippen LogP contribution is -2.40. The van der Waals surface area contributed by atoms with Crippen LogP contribution in [0.1, 0.15) is 34.3 Å². The maximum atomic E-state index is 13.5. The van der Waals surface area contributed by atoms with Gasteiger partial charge in [0.2, 0.25) is 12.5 Å². The predicted molar refractivity (Wildman–Crippen MR) is 170 cm³/mol. The SMILES string of the molecule is COc1cc([C@@H]2c3cc4c(cc3[C@@H](OC(=O)N(C)CCN(C)C)[C@@H]3COC(=O)[C@H]23)OCO4)cc(OC)c1OC(=O)OCc1ccccc1. The van der Waals surface area contributed by atoms with Crippen molar-refractivity contribution in [3.8, 4) is 28.7 Å². The largest absolute Gasteiger partial charge is 0.514 e. The van der Waals surface area contributed by atoms with E-state index in [0.717, 1.165) is 5.56 Å². The van der Waals surface area contributed by atoms with E-state index in [-0.39, 0.29) is 37.3 Å². The van der Waals surface area contributed by atoms with Crippen molar-refractivity contribution in [3.63, 3.8) is 0 Å². The van der Waals surface area contributed by atoms with Crippen LogP contribution in [-0.4, -0.2) is 89.9 Å². The second-order valence-electron chi connectivity index (χ2n) is 12.0. The van der Waals surface area contributed by atoms with E-state index in [0.29, 0.717) is 41.3 Å². The molecule has 2 heterocycles. The van der Waals surface area contributed by atoms with Gasteiger partial charge in [-0.1, -0.05) is 30.3 Å². The Labute approximate surface area is 278 Å². The highest BCUT2D eigenvalue weighted by Crippen LogP contribution is 2.56. The summed E-state index contributed by atoms with van der Waals surface area (Å²) in [5.41, 5.74) is 2.77. The molecule has 0 aromatic heterocycles. The average molecular weight is 663 g/mol. The van der Waals surface area contributed by atoms with Crippen LogP contribution in [0.3, 0.4) is 0 Å². The summed E-state index contributed by atoms with van der Waals surface area (Å²) in [5.74, 6) is -0.896. The fraction of sp³-hybridized carbons (Fsp3) is 0.400. The molecule has 1 fully saturated rings. The molecule has 48 heavy (non-hydrogen) atoms. The Balaban J connectivity index is 1.36. The molecule has 0 radical (unpaired) electrons. The highest BCUT2D eigenvalue weighted by molar-refractivity contribution is 5.79. The van der Waals surface area contributed by atoms with Crippen molar-refractivity contribution < 1.29 is 52.3 Å². The molecule has 2 aliphatic heterocycles. The molecule has 0 bridgehead atoms. The highest BCUT2D eigenvalue weighted by Gasteiger charge is 2.54. The minimum absolute atomic E-state index is 0.0136. The number of rotatable bonds is 10. The maximum absolute atomic E-state index is 13.5. The van der Waals surface area contributed by atoms with Gasteiger partial charge in [-0.25, -0.2) is 9.59 Å². The number of likely N-dealkylation sites (N-methyl/N-ethyl adjacent to an activating group) is 2. The van der Waals surface area contributed by atoms with Crippen LogP contribution in [0.5, 0.6) is 28.7 Å². The van der Waals surface area contributed by atoms with Crippen LogP contribution in [-0.2, 0) is 25.6 Å². The number of methoxy groups -OCH3 is 2. The molecular weight excluding hydrogens is 624 g/mol. The average Bonchev–Trinajstić information content (AvgIpc) is 3.71. The summed E-state index contributed by atoms with van der Waals surface area (Å²) in [6, 6.07) is 16.2. The van der Waals surface area contributed by atoms with E-state index >= 15 is 0 Å². The summed E-state index contributed by atoms with van der Waals surface area (Å²) in [7, 11) is 8.38. The molecule has 6 rings (SSSR count). The lowest BCUT2D eigenvalue weighted by Gasteiger charge is -2.39. The van der Waals surface area contributed by atoms with Crippen molar-refractivity contribution in [2.24, 2.45) is 11.8 Å². The van der Waals surface area contributed by atoms with E-state index < -0.39 is 42.1 Å². The standard InChI is InChI=1S/C35H38N2O11/c1-36(2)11-12-37(3)34(39)47-31-23-16-26-25(45-19-46-26)15-22(23)29(30-24(31)18-43-33(30)38)21-13-27(41-4)32(28(14-21)42-5)48-35(40)44-17-20-9-7-6-8-10-20/h6-10,13-16,24,29-31H,11-12,17-19H2,1-5H3/t24-,29-,30+,31-/m1/s1. The first-order chi connectivity index (χ1) is 23.2. The number of cyclic esters (lactones) is 1. The van der Waals surface area contributed by atoms with Crippen LogP contribution in [0, 0.1) is 11.8 Å². The molecule has 1 saturated heterocycles. The Hall–Kier alpha value is -5.17. The molecule has 0 N–H and O–H groups in total. The lowest BCUT2D eigenvalue weighted by molar-refractivity contribution is -0.141. The van der Waals surface area contributed by atoms with Gasteiger partial charge in [-0.3, -0.25) is 4.79 Å². The number of hydrogen-bond donors (Lipinski definition) is 0. The molecule has 4 atom stereocenters. The number of esters is 1. The summed E-state index contributed by atoms with van der Waals surface area (Å²) in [6.07, 6.45) is -2.27. The van der Waals surface area contributed by atoms with E-state index in [2.05, 4.69) is 0 Å². The van der Waals surface area contributed by atoms with Crippen molar-refractivity contribution >= 4 is 18.2 Å². The molecule has 0 saturated carbocycles. The fourth-order valence-corrected chi connectivity index (χ4v) is 6.31. The summed E-state index contributed by atoms with van der Waals surface area (Å²) < 4.78 is 45.4. The zero-order valence-corrected chi connectivity index (χ0v) is 27.4. The van der Waals surface area contributed by atoms with Gasteiger partial charge in [-0.2, -0.15) is 0 Å². The molecular formula is C35H38N2O11. The van der Waals surface area contributed by atoms with Gasteiger partial charge in [0.25, 0.3) is 0 Å². The predicted octanol–water partition coefficient (Wildman–Crippen LogP) is 4.75. The first kappa shape index (κ1) is 32.8. The lowest BCUT2D eigenvalue weighted by atomic mass is 9.66. The zero-order chi connectivity index (χ0) is 33.9. The van der Waals surface area contributed by atoms with E-state index in [1.807, 2.05) is 55.4 Å². The van der Waals surface area contributed by atoms with Gasteiger partial charge in [0.15, 0.2) is 23.0 Å². The molecule has 0 spiro atoms. The first-order valence-electron chi connectivity index (χ1n) is 15.5. The first-order valence-corrected chi connectivity index (χ1v) is 15.5. The van der Waals surface area contributed by atoms with Crippen LogP contribution < -0.4 is 23.7 Å². The number of amides is 1. The monoisotopic (exact) mass is 662 g/mol. The third-order valence-corrected chi connectivity index (χ3v) is 8.77. The quantitative estimate of drug-likeness (QED) is 0.169. The number of ether oxygens (including phenoxy) is 8. The Bertz CT molecular complexity index is 1650. The van der Waals surface area contributed by atoms with Gasteiger partial charge in [0.1, 0.15) is 12.7 Å². The summed E-state index contributed by atoms with van der Waals surface area (Å²) >= 11 is 0. The number of carbonyl (C=O) groups excluding carboxylic acids is 3. The Morgan fingerprint density at radius 3 is 2.19 bits per heavy atom. The smallest absolute Gasteiger partial charge is 0.493 e. The maximum Gasteiger partial charge on any atom is 0.514 e. The van der Waals surface area contributed by atoms with Crippen LogP contribution in [0.4, 0.5) is 9.59 Å². The number of hydrogen-bond acceptors (Lipinski definition) is 12. The third-order valence-electron chi connectivity index (χ3n) is 8.77. The van der Waals surface area contributed by atoms with E-state index in [1.54, 1.807) is 25.2 Å². The van der Waals surface area contributed by atoms with Gasteiger partial charge >= 0.3 is 18.2 Å². The molecule has 1 amide bonds. The van der Waals surface area contributed by atoms with E-state index in [9.17, 15) is 14.4 Å². The summed E-state index contributed by atoms with van der Waals surface area (Å²) in [6.45, 7) is 1.20. The van der Waals surface area contributed by atoms with Crippen molar-refractivity contribution in [1.82, 2.24) is 9.80 Å². The zero-order valence-electron chi connectivity index (χ0n) is 27.4. The number of carbonyl (C=O) groups is 3. The normalized spacial score (nSPS) is 20.3. The topological polar surface area (TPSA) is 132 Å². The second kappa shape index (κ2) is 13.9. The third kappa shape index (κ3) is 6.50. The van der Waals surface area contributed by atoms with Gasteiger partial charge in [0, 0.05) is 37.5 Å². The second-order valence-corrected chi connectivity index (χ2v) is 12.0. The molecule has 0 unspecified atom stereocenters. The van der Waals surface area contributed by atoms with Gasteiger partial charge in [0.05, 0.1) is 26.7 Å². The number of benzene rings is 3. The van der Waals surface area contributed by atoms with Gasteiger partial charge in [-0.05, 0) is 55.1 Å². The van der Waals surface area contributed by atoms with Crippen molar-refractivity contribution in [1.29, 1.82) is 0 Å². The van der Waals surface area contributed by atoms with Crippen molar-refractivity contribution in [3.05, 3.63) is 76.9 Å². The van der Waals surface area contributed by atoms with Crippen LogP contribution in [0.2, 0.25) is 0 Å². The van der Waals surface area contributed by atoms with Crippen LogP contribution in [0.25, 0.3) is 0 Å². The fourth-order valence-electron chi connectivity index (χ4n) is 6.31. The van der Waals surface area contributed by atoms with Gasteiger partial charge in [-0.15, -0.1) is 0 Å². The number of fused-ring (bicyclic) bond motifs is 3. The van der Waals surface area contributed by atoms with Crippen molar-refractivity contribution in [2.45, 2.75) is 18.6 Å². The number of nitrogens with zero attached hydrogens (tertiary/aromatic N) is 2. The minimum atomic E-state index is -0.946. The Kier molecular flexibility index (Phi) is 9.49. The molecule has 13 heteroatoms. The molecule has 1 aliphatic carbocycles. The minimum Gasteiger partial charge on any atom is -0.493 e. The Morgan fingerprint density at radius 2 is 1.54 bits per heavy atom. The van der Waals surface area contributed by atoms with Crippen LogP contribution in [0.15, 0.2) is 54.6 Å². The van der Waals surface area contributed by atoms with Gasteiger partial charge < -0.3 is 47.7 Å². The Morgan fingerprint density at radius 1 is 0.875 bits per heavy atom. The molecule has 3 aromatic rings. The van der Waals surface area contributed by atoms with Crippen molar-refractivity contribution in [2.75, 3.05) is 61.9 Å². The van der Waals surface area contributed by atoms with E-state index in [4.69, 9.17) is 37.9 Å². The molecule has 13 nitrogen and oxygen atoms in total. The molecule has 254 valence electrons. The highest BCUT2D eigenvalue weighted by atomic mass is 16.7. The summed E-state index contributed by atoms with van der Waals surface area (Å²) in [4.78, 5) is 43.0. The van der Waals surface area contributed by atoms with E-state index in [1.165, 1.54) is 19.1 Å². The molecule has 3 aromatic carbocycles.